The van der Waals surface area contributed by atoms with E-state index >= 15 is 0 Å². The summed E-state index contributed by atoms with van der Waals surface area (Å²) in [6, 6.07) is -0.902. The zero-order valence-corrected chi connectivity index (χ0v) is 17.8. The van der Waals surface area contributed by atoms with E-state index in [4.69, 9.17) is 5.73 Å². The predicted molar refractivity (Wildman–Crippen MR) is 109 cm³/mol. The molecule has 2 saturated heterocycles. The standard InChI is InChI=1S/C20H34FN5O3/c1-5-16(27)25-12-13-26(11-8-21)20(14-25)6-9-24(10-7-20)19(29)23(4)17(15(2)3)18(22)28/h5,15,17H,1,6-14H2,2-4H3,(H2,22,28)/t17-/m0/s1. The van der Waals surface area contributed by atoms with Crippen LogP contribution in [0.15, 0.2) is 12.7 Å². The first-order chi connectivity index (χ1) is 13.7. The van der Waals surface area contributed by atoms with Gasteiger partial charge in [-0.05, 0) is 24.8 Å². The molecule has 0 aromatic carbocycles. The van der Waals surface area contributed by atoms with Crippen LogP contribution in [0.2, 0.25) is 0 Å². The van der Waals surface area contributed by atoms with Gasteiger partial charge in [-0.15, -0.1) is 0 Å². The molecule has 2 heterocycles. The number of hydrogen-bond donors (Lipinski definition) is 1. The average molecular weight is 412 g/mol. The molecular formula is C20H34FN5O3. The van der Waals surface area contributed by atoms with E-state index in [0.29, 0.717) is 52.1 Å². The Hall–Kier alpha value is -2.16. The van der Waals surface area contributed by atoms with Gasteiger partial charge in [0.05, 0.1) is 0 Å². The Balaban J connectivity index is 2.10. The first-order valence-electron chi connectivity index (χ1n) is 10.2. The Kier molecular flexibility index (Phi) is 7.62. The Labute approximate surface area is 172 Å². The van der Waals surface area contributed by atoms with Crippen LogP contribution in [0.5, 0.6) is 0 Å². The fourth-order valence-electron chi connectivity index (χ4n) is 4.68. The van der Waals surface area contributed by atoms with Crippen LogP contribution in [0.1, 0.15) is 26.7 Å². The van der Waals surface area contributed by atoms with E-state index in [2.05, 4.69) is 11.5 Å². The Morgan fingerprint density at radius 3 is 2.28 bits per heavy atom. The number of piperazine rings is 1. The van der Waals surface area contributed by atoms with Crippen LogP contribution in [0.4, 0.5) is 9.18 Å². The van der Waals surface area contributed by atoms with Gasteiger partial charge in [0.25, 0.3) is 0 Å². The highest BCUT2D eigenvalue weighted by atomic mass is 19.1. The number of carbonyl (C=O) groups excluding carboxylic acids is 3. The van der Waals surface area contributed by atoms with Crippen LogP contribution in [-0.4, -0.2) is 102 Å². The summed E-state index contributed by atoms with van der Waals surface area (Å²) in [5, 5.41) is 0. The summed E-state index contributed by atoms with van der Waals surface area (Å²) in [6.07, 6.45) is 2.58. The molecule has 8 nitrogen and oxygen atoms in total. The summed E-state index contributed by atoms with van der Waals surface area (Å²) >= 11 is 0. The van der Waals surface area contributed by atoms with Crippen LogP contribution in [-0.2, 0) is 9.59 Å². The van der Waals surface area contributed by atoms with E-state index < -0.39 is 18.6 Å². The van der Waals surface area contributed by atoms with Crippen molar-refractivity contribution in [3.8, 4) is 0 Å². The van der Waals surface area contributed by atoms with Gasteiger partial charge >= 0.3 is 6.03 Å². The van der Waals surface area contributed by atoms with Gasteiger partial charge in [-0.1, -0.05) is 20.4 Å². The van der Waals surface area contributed by atoms with Crippen molar-refractivity contribution in [2.75, 3.05) is 53.0 Å². The fourth-order valence-corrected chi connectivity index (χ4v) is 4.68. The molecule has 2 aliphatic rings. The Morgan fingerprint density at radius 1 is 1.17 bits per heavy atom. The van der Waals surface area contributed by atoms with Crippen LogP contribution in [0, 0.1) is 5.92 Å². The van der Waals surface area contributed by atoms with Gasteiger partial charge in [0.15, 0.2) is 0 Å². The van der Waals surface area contributed by atoms with E-state index in [-0.39, 0.29) is 23.4 Å². The molecule has 0 unspecified atom stereocenters. The fraction of sp³-hybridized carbons (Fsp3) is 0.750. The molecule has 1 spiro atoms. The Bertz CT molecular complexity index is 634. The lowest BCUT2D eigenvalue weighted by Crippen LogP contribution is -2.67. The van der Waals surface area contributed by atoms with Gasteiger partial charge in [-0.25, -0.2) is 9.18 Å². The SMILES string of the molecule is C=CC(=O)N1CCN(CCF)C2(CCN(C(=O)N(C)[C@H](C(N)=O)C(C)C)CC2)C1. The van der Waals surface area contributed by atoms with E-state index in [0.717, 1.165) is 0 Å². The minimum Gasteiger partial charge on any atom is -0.368 e. The van der Waals surface area contributed by atoms with Gasteiger partial charge in [0.1, 0.15) is 12.7 Å². The van der Waals surface area contributed by atoms with E-state index in [1.165, 1.54) is 11.0 Å². The molecular weight excluding hydrogens is 377 g/mol. The maximum Gasteiger partial charge on any atom is 0.320 e. The number of primary amides is 1. The molecule has 0 bridgehead atoms. The van der Waals surface area contributed by atoms with E-state index in [1.807, 2.05) is 13.8 Å². The van der Waals surface area contributed by atoms with Gasteiger partial charge in [-0.2, -0.15) is 0 Å². The highest BCUT2D eigenvalue weighted by molar-refractivity contribution is 5.87. The lowest BCUT2D eigenvalue weighted by molar-refractivity contribution is -0.133. The van der Waals surface area contributed by atoms with Crippen LogP contribution in [0.25, 0.3) is 0 Å². The van der Waals surface area contributed by atoms with Crippen molar-refractivity contribution < 1.29 is 18.8 Å². The molecule has 164 valence electrons. The van der Waals surface area contributed by atoms with Crippen molar-refractivity contribution in [3.05, 3.63) is 12.7 Å². The van der Waals surface area contributed by atoms with Crippen molar-refractivity contribution in [3.63, 3.8) is 0 Å². The van der Waals surface area contributed by atoms with E-state index in [1.54, 1.807) is 16.8 Å². The van der Waals surface area contributed by atoms with Crippen molar-refractivity contribution >= 4 is 17.8 Å². The monoisotopic (exact) mass is 411 g/mol. The first kappa shape index (κ1) is 23.1. The number of rotatable bonds is 6. The zero-order chi connectivity index (χ0) is 21.8. The summed E-state index contributed by atoms with van der Waals surface area (Å²) in [6.45, 7) is 9.76. The highest BCUT2D eigenvalue weighted by Crippen LogP contribution is 2.33. The van der Waals surface area contributed by atoms with Gasteiger partial charge in [-0.3, -0.25) is 14.5 Å². The number of urea groups is 1. The zero-order valence-electron chi connectivity index (χ0n) is 17.8. The number of alkyl halides is 1. The van der Waals surface area contributed by atoms with E-state index in [9.17, 15) is 18.8 Å². The molecule has 0 aromatic heterocycles. The number of nitrogens with two attached hydrogens (primary N) is 1. The molecule has 9 heteroatoms. The second-order valence-corrected chi connectivity index (χ2v) is 8.34. The number of halogens is 1. The summed E-state index contributed by atoms with van der Waals surface area (Å²) in [4.78, 5) is 43.8. The third-order valence-corrected chi connectivity index (χ3v) is 6.24. The predicted octanol–water partition coefficient (Wildman–Crippen LogP) is 0.682. The van der Waals surface area contributed by atoms with Crippen molar-refractivity contribution in [2.45, 2.75) is 38.3 Å². The van der Waals surface area contributed by atoms with Crippen molar-refractivity contribution in [1.29, 1.82) is 0 Å². The molecule has 0 aromatic rings. The van der Waals surface area contributed by atoms with Crippen molar-refractivity contribution in [1.82, 2.24) is 19.6 Å². The topological polar surface area (TPSA) is 90.2 Å². The van der Waals surface area contributed by atoms with Crippen LogP contribution in [0.3, 0.4) is 0 Å². The van der Waals surface area contributed by atoms with Gasteiger partial charge in [0, 0.05) is 51.9 Å². The smallest absolute Gasteiger partial charge is 0.320 e. The quantitative estimate of drug-likeness (QED) is 0.651. The molecule has 4 amide bonds. The summed E-state index contributed by atoms with van der Waals surface area (Å²) < 4.78 is 13.1. The van der Waals surface area contributed by atoms with Crippen molar-refractivity contribution in [2.24, 2.45) is 11.7 Å². The first-order valence-corrected chi connectivity index (χ1v) is 10.2. The largest absolute Gasteiger partial charge is 0.368 e. The maximum atomic E-state index is 13.1. The number of nitrogens with zero attached hydrogens (tertiary/aromatic N) is 4. The molecule has 1 atom stereocenters. The van der Waals surface area contributed by atoms with Crippen LogP contribution >= 0.6 is 0 Å². The average Bonchev–Trinajstić information content (AvgIpc) is 2.68. The number of likely N-dealkylation sites (tertiary alicyclic amines) is 1. The molecule has 2 rings (SSSR count). The lowest BCUT2D eigenvalue weighted by Gasteiger charge is -2.54. The summed E-state index contributed by atoms with van der Waals surface area (Å²) in [5.74, 6) is -0.734. The number of likely N-dealkylation sites (N-methyl/N-ethyl adjacent to an activating group) is 1. The Morgan fingerprint density at radius 2 is 1.79 bits per heavy atom. The second-order valence-electron chi connectivity index (χ2n) is 8.34. The summed E-state index contributed by atoms with van der Waals surface area (Å²) in [7, 11) is 1.60. The molecule has 0 saturated carbocycles. The normalized spacial score (nSPS) is 20.6. The van der Waals surface area contributed by atoms with Crippen LogP contribution < -0.4 is 5.73 Å². The number of carbonyl (C=O) groups is 3. The molecule has 29 heavy (non-hydrogen) atoms. The van der Waals surface area contributed by atoms with Gasteiger partial charge < -0.3 is 20.4 Å². The number of hydrogen-bond acceptors (Lipinski definition) is 4. The lowest BCUT2D eigenvalue weighted by atomic mass is 9.83. The third kappa shape index (κ3) is 4.88. The molecule has 2 N–H and O–H groups in total. The molecule has 2 fully saturated rings. The molecule has 2 aliphatic heterocycles. The highest BCUT2D eigenvalue weighted by Gasteiger charge is 2.45. The minimum absolute atomic E-state index is 0.0885. The number of amides is 4. The molecule has 0 radical (unpaired) electrons. The minimum atomic E-state index is -0.670. The summed E-state index contributed by atoms with van der Waals surface area (Å²) in [5.41, 5.74) is 5.14. The van der Waals surface area contributed by atoms with Gasteiger partial charge in [0.2, 0.25) is 11.8 Å². The number of piperidine rings is 1. The molecule has 0 aliphatic carbocycles. The second kappa shape index (κ2) is 9.56. The maximum absolute atomic E-state index is 13.1. The third-order valence-electron chi connectivity index (χ3n) is 6.24.